The van der Waals surface area contributed by atoms with E-state index in [4.69, 9.17) is 0 Å². The second-order valence-corrected chi connectivity index (χ2v) is 5.97. The third-order valence-electron chi connectivity index (χ3n) is 4.03. The van der Waals surface area contributed by atoms with E-state index in [-0.39, 0.29) is 0 Å². The summed E-state index contributed by atoms with van der Waals surface area (Å²) in [6.45, 7) is 0. The molecule has 0 aromatic carbocycles. The van der Waals surface area contributed by atoms with Crippen molar-refractivity contribution in [3.63, 3.8) is 0 Å². The zero-order chi connectivity index (χ0) is 14.1. The fourth-order valence-corrected chi connectivity index (χ4v) is 3.59. The molecule has 2 aliphatic rings. The summed E-state index contributed by atoms with van der Waals surface area (Å²) in [4.78, 5) is 3.96. The highest BCUT2D eigenvalue weighted by molar-refractivity contribution is 9.10. The summed E-state index contributed by atoms with van der Waals surface area (Å²) in [7, 11) is 0. The summed E-state index contributed by atoms with van der Waals surface area (Å²) in [6, 6.07) is 1.94. The lowest BCUT2D eigenvalue weighted by Gasteiger charge is -2.10. The second kappa shape index (κ2) is 3.84. The molecule has 3 nitrogen and oxygen atoms in total. The van der Waals surface area contributed by atoms with Gasteiger partial charge in [0.2, 0.25) is 0 Å². The predicted molar refractivity (Wildman–Crippen MR) is 68.9 cm³/mol. The fraction of sp³-hybridized carbons (Fsp3) is 0.385. The van der Waals surface area contributed by atoms with Crippen molar-refractivity contribution in [1.82, 2.24) is 14.8 Å². The third kappa shape index (κ3) is 1.52. The number of alkyl halides is 2. The largest absolute Gasteiger partial charge is 0.275 e. The Morgan fingerprint density at radius 3 is 2.85 bits per heavy atom. The molecule has 1 fully saturated rings. The van der Waals surface area contributed by atoms with E-state index in [1.165, 1.54) is 16.8 Å². The molecule has 1 saturated carbocycles. The molecule has 0 amide bonds. The van der Waals surface area contributed by atoms with Gasteiger partial charge in [-0.1, -0.05) is 0 Å². The zero-order valence-corrected chi connectivity index (χ0v) is 11.7. The lowest BCUT2D eigenvalue weighted by molar-refractivity contribution is 0.0850. The van der Waals surface area contributed by atoms with Gasteiger partial charge in [0, 0.05) is 0 Å². The lowest BCUT2D eigenvalue weighted by atomic mass is 10.1. The minimum absolute atomic E-state index is 0.442. The molecule has 1 aliphatic heterocycles. The molecule has 0 radical (unpaired) electrons. The molecule has 104 valence electrons. The molecule has 0 N–H and O–H groups in total. The Bertz CT molecular complexity index is 696. The van der Waals surface area contributed by atoms with Gasteiger partial charge in [-0.15, -0.1) is 0 Å². The Morgan fingerprint density at radius 1 is 1.35 bits per heavy atom. The van der Waals surface area contributed by atoms with Crippen LogP contribution in [0.4, 0.5) is 13.2 Å². The average Bonchev–Trinajstić information content (AvgIpc) is 2.83. The number of fused-ring (bicyclic) bond motifs is 3. The summed E-state index contributed by atoms with van der Waals surface area (Å²) in [5.74, 6) is -3.71. The minimum Gasteiger partial charge on any atom is -0.258 e. The van der Waals surface area contributed by atoms with Crippen LogP contribution >= 0.6 is 15.9 Å². The van der Waals surface area contributed by atoms with Crippen molar-refractivity contribution in [2.75, 3.05) is 0 Å². The molecule has 0 bridgehead atoms. The van der Waals surface area contributed by atoms with Crippen molar-refractivity contribution in [3.05, 3.63) is 34.3 Å². The maximum Gasteiger partial charge on any atom is 0.275 e. The topological polar surface area (TPSA) is 30.7 Å². The number of hydrogen-bond donors (Lipinski definition) is 0. The summed E-state index contributed by atoms with van der Waals surface area (Å²) in [6.07, 6.45) is 2.12. The van der Waals surface area contributed by atoms with Crippen molar-refractivity contribution in [2.24, 2.45) is 5.92 Å². The fourth-order valence-electron chi connectivity index (χ4n) is 2.93. The molecule has 3 heterocycles. The first-order chi connectivity index (χ1) is 9.50. The Labute approximate surface area is 120 Å². The van der Waals surface area contributed by atoms with E-state index in [2.05, 4.69) is 26.0 Å². The number of aromatic nitrogens is 3. The molecular formula is C13H9BrF3N3. The van der Waals surface area contributed by atoms with Crippen LogP contribution in [0, 0.1) is 11.7 Å². The van der Waals surface area contributed by atoms with Crippen molar-refractivity contribution in [2.45, 2.75) is 24.8 Å². The van der Waals surface area contributed by atoms with Crippen LogP contribution in [-0.2, 0) is 6.42 Å². The molecule has 20 heavy (non-hydrogen) atoms. The van der Waals surface area contributed by atoms with E-state index in [0.717, 1.165) is 11.9 Å². The quantitative estimate of drug-likeness (QED) is 0.792. The predicted octanol–water partition coefficient (Wildman–Crippen LogP) is 3.60. The summed E-state index contributed by atoms with van der Waals surface area (Å²) >= 11 is 3.41. The average molecular weight is 344 g/mol. The van der Waals surface area contributed by atoms with Gasteiger partial charge < -0.3 is 0 Å². The highest BCUT2D eigenvalue weighted by atomic mass is 79.9. The van der Waals surface area contributed by atoms with E-state index < -0.39 is 23.7 Å². The van der Waals surface area contributed by atoms with Gasteiger partial charge in [0.05, 0.1) is 28.0 Å². The molecular weight excluding hydrogens is 335 g/mol. The monoisotopic (exact) mass is 343 g/mol. The SMILES string of the molecule is Fc1ccc(-c2nn3c(c2Br)CC[C@@H]2[C@H]3C2(F)F)nc1. The van der Waals surface area contributed by atoms with Crippen molar-refractivity contribution in [3.8, 4) is 11.4 Å². The minimum atomic E-state index is -2.66. The summed E-state index contributed by atoms with van der Waals surface area (Å²) < 4.78 is 42.3. The molecule has 4 rings (SSSR count). The van der Waals surface area contributed by atoms with Crippen LogP contribution in [0.2, 0.25) is 0 Å². The van der Waals surface area contributed by atoms with Crippen LogP contribution in [0.15, 0.2) is 22.8 Å². The van der Waals surface area contributed by atoms with Gasteiger partial charge in [-0.2, -0.15) is 5.10 Å². The van der Waals surface area contributed by atoms with Crippen molar-refractivity contribution in [1.29, 1.82) is 0 Å². The van der Waals surface area contributed by atoms with Gasteiger partial charge in [0.15, 0.2) is 0 Å². The Morgan fingerprint density at radius 2 is 2.15 bits per heavy atom. The maximum atomic E-state index is 13.6. The van der Waals surface area contributed by atoms with Crippen LogP contribution in [0.3, 0.4) is 0 Å². The van der Waals surface area contributed by atoms with Crippen LogP contribution in [0.5, 0.6) is 0 Å². The van der Waals surface area contributed by atoms with E-state index in [1.807, 2.05) is 0 Å². The first kappa shape index (κ1) is 12.4. The summed E-state index contributed by atoms with van der Waals surface area (Å²) in [5.41, 5.74) is 1.73. The smallest absolute Gasteiger partial charge is 0.258 e. The number of nitrogens with zero attached hydrogens (tertiary/aromatic N) is 3. The van der Waals surface area contributed by atoms with Crippen LogP contribution < -0.4 is 0 Å². The number of hydrogen-bond acceptors (Lipinski definition) is 2. The second-order valence-electron chi connectivity index (χ2n) is 5.18. The van der Waals surface area contributed by atoms with Crippen LogP contribution in [0.1, 0.15) is 18.2 Å². The standard InChI is InChI=1S/C13H9BrF3N3/c14-10-9-4-2-7-12(13(7,16)17)20(9)19-11(10)8-3-1-6(15)5-18-8/h1,3,5,7,12H,2,4H2/t7-,12+/m1/s1. The van der Waals surface area contributed by atoms with Crippen molar-refractivity contribution >= 4 is 15.9 Å². The van der Waals surface area contributed by atoms with E-state index >= 15 is 0 Å². The maximum absolute atomic E-state index is 13.6. The van der Waals surface area contributed by atoms with Gasteiger partial charge in [0.1, 0.15) is 17.6 Å². The van der Waals surface area contributed by atoms with Gasteiger partial charge in [-0.05, 0) is 40.9 Å². The number of halogens is 4. The Balaban J connectivity index is 1.82. The molecule has 2 aromatic heterocycles. The highest BCUT2D eigenvalue weighted by Crippen LogP contribution is 2.63. The van der Waals surface area contributed by atoms with E-state index in [1.54, 1.807) is 0 Å². The zero-order valence-electron chi connectivity index (χ0n) is 10.2. The van der Waals surface area contributed by atoms with Gasteiger partial charge >= 0.3 is 0 Å². The number of pyridine rings is 1. The summed E-state index contributed by atoms with van der Waals surface area (Å²) in [5, 5.41) is 4.27. The number of rotatable bonds is 1. The van der Waals surface area contributed by atoms with Crippen molar-refractivity contribution < 1.29 is 13.2 Å². The normalized spacial score (nSPS) is 26.0. The molecule has 0 saturated heterocycles. The molecule has 2 atom stereocenters. The first-order valence-corrected chi connectivity index (χ1v) is 7.06. The molecule has 7 heteroatoms. The van der Waals surface area contributed by atoms with Gasteiger partial charge in [0.25, 0.3) is 5.92 Å². The first-order valence-electron chi connectivity index (χ1n) is 6.26. The molecule has 2 aromatic rings. The third-order valence-corrected chi connectivity index (χ3v) is 4.87. The van der Waals surface area contributed by atoms with Crippen LogP contribution in [0.25, 0.3) is 11.4 Å². The van der Waals surface area contributed by atoms with E-state index in [0.29, 0.717) is 28.7 Å². The lowest BCUT2D eigenvalue weighted by Crippen LogP contribution is -2.10. The Kier molecular flexibility index (Phi) is 2.38. The Hall–Kier alpha value is -1.37. The van der Waals surface area contributed by atoms with Crippen LogP contribution in [-0.4, -0.2) is 20.7 Å². The molecule has 1 aliphatic carbocycles. The van der Waals surface area contributed by atoms with Gasteiger partial charge in [-0.25, -0.2) is 13.2 Å². The van der Waals surface area contributed by atoms with Gasteiger partial charge in [-0.3, -0.25) is 9.67 Å². The molecule has 0 spiro atoms. The molecule has 0 unspecified atom stereocenters. The highest BCUT2D eigenvalue weighted by Gasteiger charge is 2.71. The van der Waals surface area contributed by atoms with E-state index in [9.17, 15) is 13.2 Å².